The number of aromatic nitrogens is 1. The van der Waals surface area contributed by atoms with Gasteiger partial charge in [-0.3, -0.25) is 4.79 Å². The number of halogens is 3. The number of pyridine rings is 1. The number of rotatable bonds is 4. The summed E-state index contributed by atoms with van der Waals surface area (Å²) in [5.74, 6) is -3.30. The maximum absolute atomic E-state index is 12.4. The second-order valence-corrected chi connectivity index (χ2v) is 3.92. The third-order valence-electron chi connectivity index (χ3n) is 2.38. The van der Waals surface area contributed by atoms with Gasteiger partial charge in [0.15, 0.2) is 0 Å². The van der Waals surface area contributed by atoms with Crippen LogP contribution >= 0.6 is 0 Å². The van der Waals surface area contributed by atoms with Gasteiger partial charge in [0.2, 0.25) is 0 Å². The monoisotopic (exact) mass is 309 g/mol. The molecule has 1 aromatic heterocycles. The number of nitrogens with zero attached hydrogens (tertiary/aromatic N) is 1. The van der Waals surface area contributed by atoms with Gasteiger partial charge in [-0.15, -0.1) is 0 Å². The Bertz CT molecular complexity index is 599. The molecule has 1 heterocycles. The molecule has 0 bridgehead atoms. The minimum absolute atomic E-state index is 0. The fourth-order valence-electron chi connectivity index (χ4n) is 1.44. The van der Waals surface area contributed by atoms with Gasteiger partial charge in [-0.05, 0) is 31.6 Å². The number of ether oxygens (including phenoxy) is 1. The van der Waals surface area contributed by atoms with E-state index >= 15 is 0 Å². The first-order valence-corrected chi connectivity index (χ1v) is 5.81. The van der Waals surface area contributed by atoms with Gasteiger partial charge in [0.1, 0.15) is 5.69 Å². The molecule has 114 valence electrons. The number of ketones is 1. The van der Waals surface area contributed by atoms with E-state index in [9.17, 15) is 27.9 Å². The average Bonchev–Trinajstić information content (AvgIpc) is 2.37. The Kier molecular flexibility index (Phi) is 7.36. The molecule has 0 aliphatic carbocycles. The summed E-state index contributed by atoms with van der Waals surface area (Å²) in [5.41, 5.74) is -1.53. The van der Waals surface area contributed by atoms with E-state index in [-0.39, 0.29) is 36.7 Å². The topological polar surface area (TPSA) is 79.3 Å². The molecule has 0 amide bonds. The van der Waals surface area contributed by atoms with Gasteiger partial charge in [0.05, 0.1) is 6.61 Å². The third-order valence-corrected chi connectivity index (χ3v) is 2.38. The number of carbonyl (C=O) groups is 2. The predicted octanol–water partition coefficient (Wildman–Crippen LogP) is -1.75. The SMILES string of the molecule is CCOC(=O)C(=O)/C=C(/[O-])c1ccc(C(F)(F)F)nc1C.[Li+]. The minimum atomic E-state index is -4.63. The smallest absolute Gasteiger partial charge is 0.872 e. The number of hydrogen-bond acceptors (Lipinski definition) is 5. The molecule has 22 heavy (non-hydrogen) atoms. The molecule has 5 nitrogen and oxygen atoms in total. The van der Waals surface area contributed by atoms with Crippen LogP contribution in [-0.4, -0.2) is 23.3 Å². The van der Waals surface area contributed by atoms with Gasteiger partial charge in [0, 0.05) is 5.69 Å². The Labute approximate surface area is 136 Å². The molecule has 1 rings (SSSR count). The molecule has 0 N–H and O–H groups in total. The van der Waals surface area contributed by atoms with E-state index in [0.717, 1.165) is 6.07 Å². The molecule has 0 aliphatic rings. The number of carbonyl (C=O) groups excluding carboxylic acids is 2. The fraction of sp³-hybridized carbons (Fsp3) is 0.308. The zero-order valence-corrected chi connectivity index (χ0v) is 12.2. The second-order valence-electron chi connectivity index (χ2n) is 3.92. The largest absolute Gasteiger partial charge is 1.00 e. The van der Waals surface area contributed by atoms with Gasteiger partial charge in [-0.1, -0.05) is 11.8 Å². The van der Waals surface area contributed by atoms with E-state index in [1.54, 1.807) is 0 Å². The van der Waals surface area contributed by atoms with Crippen LogP contribution in [0.3, 0.4) is 0 Å². The molecular formula is C13H11F3LiNO4. The van der Waals surface area contributed by atoms with E-state index in [1.165, 1.54) is 13.8 Å². The number of hydrogen-bond donors (Lipinski definition) is 0. The quantitative estimate of drug-likeness (QED) is 0.217. The summed E-state index contributed by atoms with van der Waals surface area (Å²) in [6.07, 6.45) is -4.16. The molecule has 0 fully saturated rings. The van der Waals surface area contributed by atoms with Gasteiger partial charge in [0.25, 0.3) is 5.78 Å². The predicted molar refractivity (Wildman–Crippen MR) is 63.6 cm³/mol. The van der Waals surface area contributed by atoms with Gasteiger partial charge >= 0.3 is 31.0 Å². The molecule has 0 saturated heterocycles. The van der Waals surface area contributed by atoms with Crippen LogP contribution in [0.25, 0.3) is 5.76 Å². The average molecular weight is 309 g/mol. The Morgan fingerprint density at radius 1 is 1.36 bits per heavy atom. The first-order valence-electron chi connectivity index (χ1n) is 5.81. The summed E-state index contributed by atoms with van der Waals surface area (Å²) in [7, 11) is 0. The van der Waals surface area contributed by atoms with Crippen molar-refractivity contribution in [1.29, 1.82) is 0 Å². The Hall–Kier alpha value is -1.78. The number of alkyl halides is 3. The van der Waals surface area contributed by atoms with E-state index in [0.29, 0.717) is 12.1 Å². The van der Waals surface area contributed by atoms with Crippen molar-refractivity contribution in [2.24, 2.45) is 0 Å². The summed E-state index contributed by atoms with van der Waals surface area (Å²) in [6.45, 7) is 2.65. The molecule has 0 aliphatic heterocycles. The second kappa shape index (κ2) is 8.01. The summed E-state index contributed by atoms with van der Waals surface area (Å²) in [6, 6.07) is 1.53. The van der Waals surface area contributed by atoms with Crippen LogP contribution in [-0.2, 0) is 20.5 Å². The van der Waals surface area contributed by atoms with Gasteiger partial charge in [-0.25, -0.2) is 9.78 Å². The zero-order chi connectivity index (χ0) is 16.2. The standard InChI is InChI=1S/C13H12F3NO4.Li/c1-3-21-12(20)10(19)6-9(18)8-4-5-11(13(14,15)16)17-7(8)2;/h4-6,18H,3H2,1-2H3;/q;+1/p-1/b9-6+;. The van der Waals surface area contributed by atoms with Crippen molar-refractivity contribution in [3.63, 3.8) is 0 Å². The maximum Gasteiger partial charge on any atom is 1.00 e. The molecule has 1 aromatic rings. The van der Waals surface area contributed by atoms with Crippen LogP contribution < -0.4 is 24.0 Å². The summed E-state index contributed by atoms with van der Waals surface area (Å²) >= 11 is 0. The number of aryl methyl sites for hydroxylation is 1. The van der Waals surface area contributed by atoms with Crippen molar-refractivity contribution in [2.45, 2.75) is 20.0 Å². The maximum atomic E-state index is 12.4. The van der Waals surface area contributed by atoms with Crippen LogP contribution in [0.2, 0.25) is 0 Å². The Balaban J connectivity index is 0.00000441. The van der Waals surface area contributed by atoms with Crippen LogP contribution in [0.1, 0.15) is 23.9 Å². The molecule has 0 aromatic carbocycles. The number of esters is 1. The molecule has 0 spiro atoms. The van der Waals surface area contributed by atoms with Crippen LogP contribution in [0, 0.1) is 6.92 Å². The van der Waals surface area contributed by atoms with Crippen molar-refractivity contribution < 1.29 is 51.5 Å². The molecular weight excluding hydrogens is 298 g/mol. The molecule has 0 saturated carbocycles. The fourth-order valence-corrected chi connectivity index (χ4v) is 1.44. The van der Waals surface area contributed by atoms with Crippen molar-refractivity contribution in [3.8, 4) is 0 Å². The van der Waals surface area contributed by atoms with E-state index in [4.69, 9.17) is 0 Å². The van der Waals surface area contributed by atoms with E-state index in [2.05, 4.69) is 9.72 Å². The van der Waals surface area contributed by atoms with E-state index in [1.807, 2.05) is 0 Å². The van der Waals surface area contributed by atoms with Gasteiger partial charge < -0.3 is 9.84 Å². The first-order chi connectivity index (χ1) is 9.66. The summed E-state index contributed by atoms with van der Waals surface area (Å²) in [5, 5.41) is 11.7. The van der Waals surface area contributed by atoms with E-state index < -0.39 is 29.4 Å². The van der Waals surface area contributed by atoms with Crippen LogP contribution in [0.5, 0.6) is 0 Å². The normalized spacial score (nSPS) is 11.6. The van der Waals surface area contributed by atoms with Crippen molar-refractivity contribution in [1.82, 2.24) is 4.98 Å². The first kappa shape index (κ1) is 20.2. The summed E-state index contributed by atoms with van der Waals surface area (Å²) in [4.78, 5) is 25.6. The van der Waals surface area contributed by atoms with Crippen molar-refractivity contribution >= 4 is 17.5 Å². The van der Waals surface area contributed by atoms with Crippen LogP contribution in [0.15, 0.2) is 18.2 Å². The van der Waals surface area contributed by atoms with Crippen molar-refractivity contribution in [3.05, 3.63) is 35.2 Å². The summed E-state index contributed by atoms with van der Waals surface area (Å²) < 4.78 is 41.7. The minimum Gasteiger partial charge on any atom is -0.872 e. The Morgan fingerprint density at radius 3 is 2.41 bits per heavy atom. The van der Waals surface area contributed by atoms with Crippen molar-refractivity contribution in [2.75, 3.05) is 6.61 Å². The Morgan fingerprint density at radius 2 is 1.95 bits per heavy atom. The van der Waals surface area contributed by atoms with Gasteiger partial charge in [-0.2, -0.15) is 13.2 Å². The molecule has 0 unspecified atom stereocenters. The molecule has 0 radical (unpaired) electrons. The molecule has 9 heteroatoms. The van der Waals surface area contributed by atoms with Crippen LogP contribution in [0.4, 0.5) is 13.2 Å². The zero-order valence-electron chi connectivity index (χ0n) is 12.2. The third kappa shape index (κ3) is 5.20. The molecule has 0 atom stereocenters.